The molecular formula is C31H63ClN2O2. The molecule has 0 bridgehead atoms. The van der Waals surface area contributed by atoms with Gasteiger partial charge in [-0.2, -0.15) is 0 Å². The standard InChI is InChI=1S/C31H62N2O2.ClH/c1-4-5-6-7-8-9-10-11-12-13-14-15-16-17-18-19-20-21-22-26-31(35)32-27-25-29-33(2,3)28-23-24-30-34;/h11-12,34H,4-10,13-30H2,1-3H3;1H/b12-11-;. The zero-order valence-electron chi connectivity index (χ0n) is 24.5. The summed E-state index contributed by atoms with van der Waals surface area (Å²) < 4.78 is 0.965. The van der Waals surface area contributed by atoms with Crippen LogP contribution >= 0.6 is 0 Å². The minimum absolute atomic E-state index is 0. The monoisotopic (exact) mass is 530 g/mol. The van der Waals surface area contributed by atoms with Crippen molar-refractivity contribution in [1.29, 1.82) is 0 Å². The molecule has 5 heteroatoms. The zero-order chi connectivity index (χ0) is 25.9. The molecule has 0 radical (unpaired) electrons. The Kier molecular flexibility index (Phi) is 30.2. The maximum atomic E-state index is 12.0. The van der Waals surface area contributed by atoms with Gasteiger partial charge in [-0.05, 0) is 44.9 Å². The largest absolute Gasteiger partial charge is 1.00 e. The number of amides is 1. The van der Waals surface area contributed by atoms with E-state index in [9.17, 15) is 4.79 Å². The number of nitrogens with one attached hydrogen (secondary N) is 1. The number of quaternary nitrogens is 1. The van der Waals surface area contributed by atoms with Crippen LogP contribution in [-0.2, 0) is 4.79 Å². The summed E-state index contributed by atoms with van der Waals surface area (Å²) in [4.78, 5) is 12.0. The van der Waals surface area contributed by atoms with Crippen molar-refractivity contribution in [3.05, 3.63) is 12.2 Å². The van der Waals surface area contributed by atoms with Gasteiger partial charge in [-0.25, -0.2) is 0 Å². The Morgan fingerprint density at radius 2 is 1.14 bits per heavy atom. The van der Waals surface area contributed by atoms with E-state index in [0.29, 0.717) is 6.42 Å². The number of carbonyl (C=O) groups is 1. The second-order valence-corrected chi connectivity index (χ2v) is 11.3. The second kappa shape index (κ2) is 29.0. The van der Waals surface area contributed by atoms with Crippen LogP contribution in [0.5, 0.6) is 0 Å². The number of hydrogen-bond acceptors (Lipinski definition) is 2. The highest BCUT2D eigenvalue weighted by Crippen LogP contribution is 2.12. The topological polar surface area (TPSA) is 49.3 Å². The van der Waals surface area contributed by atoms with Crippen molar-refractivity contribution >= 4 is 5.91 Å². The molecule has 0 spiro atoms. The van der Waals surface area contributed by atoms with Crippen LogP contribution in [0.3, 0.4) is 0 Å². The number of carbonyl (C=O) groups excluding carboxylic acids is 1. The summed E-state index contributed by atoms with van der Waals surface area (Å²) in [6.45, 7) is 5.51. The molecule has 0 aromatic carbocycles. The Hall–Kier alpha value is -0.580. The molecular weight excluding hydrogens is 468 g/mol. The lowest BCUT2D eigenvalue weighted by Crippen LogP contribution is -3.00. The highest BCUT2D eigenvalue weighted by molar-refractivity contribution is 5.75. The number of allylic oxidation sites excluding steroid dienone is 2. The molecule has 0 aromatic rings. The fourth-order valence-corrected chi connectivity index (χ4v) is 4.65. The van der Waals surface area contributed by atoms with Gasteiger partial charge in [0, 0.05) is 26.0 Å². The first-order chi connectivity index (χ1) is 17.0. The Labute approximate surface area is 232 Å². The van der Waals surface area contributed by atoms with E-state index in [4.69, 9.17) is 5.11 Å². The van der Waals surface area contributed by atoms with Gasteiger partial charge < -0.3 is 27.3 Å². The van der Waals surface area contributed by atoms with Crippen LogP contribution in [0.4, 0.5) is 0 Å². The van der Waals surface area contributed by atoms with Crippen molar-refractivity contribution < 1.29 is 26.8 Å². The normalized spacial score (nSPS) is 11.7. The van der Waals surface area contributed by atoms with Gasteiger partial charge in [-0.1, -0.05) is 96.1 Å². The smallest absolute Gasteiger partial charge is 0.219 e. The minimum atomic E-state index is 0. The molecule has 1 amide bonds. The van der Waals surface area contributed by atoms with E-state index in [1.165, 1.54) is 103 Å². The number of hydrogen-bond donors (Lipinski definition) is 2. The van der Waals surface area contributed by atoms with Crippen molar-refractivity contribution in [2.24, 2.45) is 0 Å². The molecule has 0 saturated carbocycles. The van der Waals surface area contributed by atoms with Crippen LogP contribution in [-0.4, -0.2) is 55.8 Å². The van der Waals surface area contributed by atoms with Crippen molar-refractivity contribution in [2.75, 3.05) is 40.3 Å². The highest BCUT2D eigenvalue weighted by Gasteiger charge is 2.13. The van der Waals surface area contributed by atoms with E-state index in [1.807, 2.05) is 0 Å². The molecule has 0 aromatic heterocycles. The second-order valence-electron chi connectivity index (χ2n) is 11.3. The molecule has 0 saturated heterocycles. The summed E-state index contributed by atoms with van der Waals surface area (Å²) >= 11 is 0. The number of nitrogens with zero attached hydrogens (tertiary/aromatic N) is 1. The van der Waals surface area contributed by atoms with E-state index in [-0.39, 0.29) is 24.9 Å². The SMILES string of the molecule is CCCCCCCC/C=C\CCCCCCCCCCCC(=O)NCCC[N+](C)(C)CCCCO.[Cl-]. The molecule has 36 heavy (non-hydrogen) atoms. The maximum absolute atomic E-state index is 12.0. The van der Waals surface area contributed by atoms with Gasteiger partial charge in [0.05, 0.1) is 27.2 Å². The van der Waals surface area contributed by atoms with Crippen LogP contribution < -0.4 is 17.7 Å². The Morgan fingerprint density at radius 1 is 0.667 bits per heavy atom. The molecule has 0 atom stereocenters. The molecule has 0 unspecified atom stereocenters. The average molecular weight is 531 g/mol. The summed E-state index contributed by atoms with van der Waals surface area (Å²) in [5.74, 6) is 0.219. The minimum Gasteiger partial charge on any atom is -1.00 e. The molecule has 0 aliphatic heterocycles. The molecule has 0 aliphatic carbocycles. The quantitative estimate of drug-likeness (QED) is 0.0897. The number of halogens is 1. The molecule has 0 aliphatic rings. The van der Waals surface area contributed by atoms with Crippen LogP contribution in [0.25, 0.3) is 0 Å². The lowest BCUT2D eigenvalue weighted by Gasteiger charge is -2.29. The predicted molar refractivity (Wildman–Crippen MR) is 154 cm³/mol. The van der Waals surface area contributed by atoms with Crippen molar-refractivity contribution in [1.82, 2.24) is 5.32 Å². The summed E-state index contributed by atoms with van der Waals surface area (Å²) in [7, 11) is 4.46. The summed E-state index contributed by atoms with van der Waals surface area (Å²) in [6, 6.07) is 0. The number of unbranched alkanes of at least 4 members (excludes halogenated alkanes) is 16. The number of aliphatic hydroxyl groups excluding tert-OH is 1. The van der Waals surface area contributed by atoms with Crippen LogP contribution in [0.2, 0.25) is 0 Å². The van der Waals surface area contributed by atoms with Crippen molar-refractivity contribution in [3.63, 3.8) is 0 Å². The first kappa shape index (κ1) is 37.6. The Morgan fingerprint density at radius 3 is 1.67 bits per heavy atom. The highest BCUT2D eigenvalue weighted by atomic mass is 35.5. The zero-order valence-corrected chi connectivity index (χ0v) is 25.3. The van der Waals surface area contributed by atoms with Crippen molar-refractivity contribution in [2.45, 2.75) is 142 Å². The molecule has 2 N–H and O–H groups in total. The van der Waals surface area contributed by atoms with Crippen LogP contribution in [0, 0.1) is 0 Å². The first-order valence-corrected chi connectivity index (χ1v) is 15.4. The van der Waals surface area contributed by atoms with Gasteiger partial charge in [0.2, 0.25) is 5.91 Å². The molecule has 0 heterocycles. The van der Waals surface area contributed by atoms with Gasteiger partial charge in [0.1, 0.15) is 0 Å². The lowest BCUT2D eigenvalue weighted by atomic mass is 10.1. The van der Waals surface area contributed by atoms with Gasteiger partial charge in [0.25, 0.3) is 0 Å². The van der Waals surface area contributed by atoms with E-state index in [0.717, 1.165) is 49.8 Å². The molecule has 0 rings (SSSR count). The molecule has 0 fully saturated rings. The summed E-state index contributed by atoms with van der Waals surface area (Å²) in [5.41, 5.74) is 0. The van der Waals surface area contributed by atoms with Crippen LogP contribution in [0.15, 0.2) is 12.2 Å². The predicted octanol–water partition coefficient (Wildman–Crippen LogP) is 4.94. The third kappa shape index (κ3) is 29.6. The summed E-state index contributed by atoms with van der Waals surface area (Å²) in [6.07, 6.45) is 31.0. The Bertz CT molecular complexity index is 483. The van der Waals surface area contributed by atoms with Gasteiger partial charge >= 0.3 is 0 Å². The Balaban J connectivity index is 0. The third-order valence-corrected chi connectivity index (χ3v) is 7.10. The first-order valence-electron chi connectivity index (χ1n) is 15.4. The fraction of sp³-hybridized carbons (Fsp3) is 0.903. The van der Waals surface area contributed by atoms with E-state index in [1.54, 1.807) is 0 Å². The van der Waals surface area contributed by atoms with Crippen LogP contribution in [0.1, 0.15) is 142 Å². The van der Waals surface area contributed by atoms with Gasteiger partial charge in [-0.15, -0.1) is 0 Å². The van der Waals surface area contributed by atoms with E-state index < -0.39 is 0 Å². The van der Waals surface area contributed by atoms with Gasteiger partial charge in [0.15, 0.2) is 0 Å². The number of aliphatic hydroxyl groups is 1. The van der Waals surface area contributed by atoms with E-state index >= 15 is 0 Å². The summed E-state index contributed by atoms with van der Waals surface area (Å²) in [5, 5.41) is 12.0. The molecule has 4 nitrogen and oxygen atoms in total. The maximum Gasteiger partial charge on any atom is 0.219 e. The lowest BCUT2D eigenvalue weighted by molar-refractivity contribution is -0.890. The number of rotatable bonds is 27. The third-order valence-electron chi connectivity index (χ3n) is 7.10. The van der Waals surface area contributed by atoms with Gasteiger partial charge in [-0.3, -0.25) is 4.79 Å². The molecule has 216 valence electrons. The fourth-order valence-electron chi connectivity index (χ4n) is 4.65. The van der Waals surface area contributed by atoms with Crippen molar-refractivity contribution in [3.8, 4) is 0 Å². The average Bonchev–Trinajstić information content (AvgIpc) is 2.83. The van der Waals surface area contributed by atoms with E-state index in [2.05, 4.69) is 38.5 Å².